The number of carbonyl (C=O) groups is 2. The molecule has 36 heavy (non-hydrogen) atoms. The molecule has 5 rings (SSSR count). The average molecular weight is 525 g/mol. The molecule has 2 amide bonds. The first-order valence-electron chi connectivity index (χ1n) is 11.5. The van der Waals surface area contributed by atoms with E-state index < -0.39 is 16.1 Å². The molecule has 186 valence electrons. The van der Waals surface area contributed by atoms with Gasteiger partial charge in [-0.1, -0.05) is 41.7 Å². The fraction of sp³-hybridized carbons (Fsp3) is 0.240. The number of thiazole rings is 1. The van der Waals surface area contributed by atoms with Crippen LogP contribution in [0.5, 0.6) is 0 Å². The fourth-order valence-corrected chi connectivity index (χ4v) is 6.55. The molecule has 0 atom stereocenters. The minimum absolute atomic E-state index is 0.0927. The lowest BCUT2D eigenvalue weighted by Crippen LogP contribution is -2.50. The lowest BCUT2D eigenvalue weighted by molar-refractivity contribution is 0.0933. The van der Waals surface area contributed by atoms with Gasteiger partial charge < -0.3 is 9.64 Å². The second-order valence-electron chi connectivity index (χ2n) is 8.22. The van der Waals surface area contributed by atoms with Crippen molar-refractivity contribution < 1.29 is 22.7 Å². The Morgan fingerprint density at radius 3 is 2.44 bits per heavy atom. The Morgan fingerprint density at radius 1 is 1.00 bits per heavy atom. The standard InChI is InChI=1S/C25H24N4O5S2/c1-2-34-25(31)28-13-15-29(16-14-28)36(32,33)19-10-7-18(8-11-19)23(30)27-24-26-21-12-9-17-5-3-4-6-20(17)22(21)35-24/h3-12H,2,13-16H2,1H3,(H,26,27,30). The van der Waals surface area contributed by atoms with Gasteiger partial charge in [-0.05, 0) is 42.6 Å². The molecule has 0 unspecified atom stereocenters. The summed E-state index contributed by atoms with van der Waals surface area (Å²) in [5.41, 5.74) is 1.13. The lowest BCUT2D eigenvalue weighted by atomic mass is 10.1. The number of sulfonamides is 1. The van der Waals surface area contributed by atoms with E-state index in [1.807, 2.05) is 36.4 Å². The van der Waals surface area contributed by atoms with Crippen molar-refractivity contribution in [2.75, 3.05) is 38.1 Å². The molecule has 11 heteroatoms. The first-order chi connectivity index (χ1) is 17.4. The van der Waals surface area contributed by atoms with Crippen LogP contribution in [0.2, 0.25) is 0 Å². The molecule has 0 spiro atoms. The Bertz CT molecular complexity index is 1540. The van der Waals surface area contributed by atoms with E-state index in [9.17, 15) is 18.0 Å². The van der Waals surface area contributed by atoms with Crippen LogP contribution in [0.1, 0.15) is 17.3 Å². The Balaban J connectivity index is 1.27. The van der Waals surface area contributed by atoms with Crippen LogP contribution in [-0.4, -0.2) is 67.4 Å². The fourth-order valence-electron chi connectivity index (χ4n) is 4.13. The Hall–Kier alpha value is -3.54. The zero-order chi connectivity index (χ0) is 25.3. The number of carbonyl (C=O) groups excluding carboxylic acids is 2. The zero-order valence-corrected chi connectivity index (χ0v) is 21.1. The number of amides is 2. The second-order valence-corrected chi connectivity index (χ2v) is 11.2. The maximum Gasteiger partial charge on any atom is 0.409 e. The third kappa shape index (κ3) is 4.64. The molecule has 0 saturated carbocycles. The van der Waals surface area contributed by atoms with Crippen molar-refractivity contribution in [3.05, 3.63) is 66.2 Å². The molecule has 1 saturated heterocycles. The number of aromatic nitrogens is 1. The monoisotopic (exact) mass is 524 g/mol. The van der Waals surface area contributed by atoms with E-state index in [4.69, 9.17) is 4.74 Å². The summed E-state index contributed by atoms with van der Waals surface area (Å²) in [6.07, 6.45) is -0.439. The van der Waals surface area contributed by atoms with E-state index in [1.165, 1.54) is 44.8 Å². The van der Waals surface area contributed by atoms with Crippen molar-refractivity contribution >= 4 is 59.5 Å². The Morgan fingerprint density at radius 2 is 1.72 bits per heavy atom. The molecule has 4 aromatic rings. The van der Waals surface area contributed by atoms with E-state index in [0.717, 1.165) is 21.0 Å². The number of benzene rings is 3. The van der Waals surface area contributed by atoms with E-state index >= 15 is 0 Å². The van der Waals surface area contributed by atoms with Crippen molar-refractivity contribution in [3.63, 3.8) is 0 Å². The Kier molecular flexibility index (Phi) is 6.61. The summed E-state index contributed by atoms with van der Waals surface area (Å²) in [5, 5.41) is 5.47. The van der Waals surface area contributed by atoms with Crippen molar-refractivity contribution in [3.8, 4) is 0 Å². The van der Waals surface area contributed by atoms with Crippen LogP contribution in [0.4, 0.5) is 9.93 Å². The summed E-state index contributed by atoms with van der Waals surface area (Å²) < 4.78 is 33.4. The number of nitrogens with one attached hydrogen (secondary N) is 1. The largest absolute Gasteiger partial charge is 0.450 e. The highest BCUT2D eigenvalue weighted by atomic mass is 32.2. The van der Waals surface area contributed by atoms with Crippen LogP contribution in [0.15, 0.2) is 65.6 Å². The van der Waals surface area contributed by atoms with Crippen LogP contribution >= 0.6 is 11.3 Å². The lowest BCUT2D eigenvalue weighted by Gasteiger charge is -2.33. The molecule has 0 radical (unpaired) electrons. The first kappa shape index (κ1) is 24.2. The molecule has 3 aromatic carbocycles. The van der Waals surface area contributed by atoms with Crippen LogP contribution in [0.25, 0.3) is 21.0 Å². The number of fused-ring (bicyclic) bond motifs is 3. The van der Waals surface area contributed by atoms with Gasteiger partial charge in [0.25, 0.3) is 5.91 Å². The highest BCUT2D eigenvalue weighted by molar-refractivity contribution is 7.89. The molecule has 1 aromatic heterocycles. The molecule has 1 aliphatic rings. The van der Waals surface area contributed by atoms with Gasteiger partial charge in [0, 0.05) is 37.1 Å². The van der Waals surface area contributed by atoms with Crippen molar-refractivity contribution in [2.45, 2.75) is 11.8 Å². The number of hydrogen-bond acceptors (Lipinski definition) is 7. The van der Waals surface area contributed by atoms with E-state index in [-0.39, 0.29) is 43.6 Å². The van der Waals surface area contributed by atoms with E-state index in [0.29, 0.717) is 10.7 Å². The van der Waals surface area contributed by atoms with Gasteiger partial charge in [-0.2, -0.15) is 4.31 Å². The third-order valence-electron chi connectivity index (χ3n) is 6.02. The van der Waals surface area contributed by atoms with Gasteiger partial charge in [0.05, 0.1) is 21.7 Å². The summed E-state index contributed by atoms with van der Waals surface area (Å²) in [6.45, 7) is 2.87. The highest BCUT2D eigenvalue weighted by Gasteiger charge is 2.30. The third-order valence-corrected chi connectivity index (χ3v) is 8.95. The number of piperazine rings is 1. The number of nitrogens with zero attached hydrogens (tertiary/aromatic N) is 3. The van der Waals surface area contributed by atoms with Gasteiger partial charge >= 0.3 is 6.09 Å². The van der Waals surface area contributed by atoms with Crippen LogP contribution in [0.3, 0.4) is 0 Å². The van der Waals surface area contributed by atoms with Crippen LogP contribution in [-0.2, 0) is 14.8 Å². The summed E-state index contributed by atoms with van der Waals surface area (Å²) in [7, 11) is -3.75. The van der Waals surface area contributed by atoms with Crippen LogP contribution in [0, 0.1) is 0 Å². The van der Waals surface area contributed by atoms with Crippen molar-refractivity contribution in [1.29, 1.82) is 0 Å². The normalized spacial score (nSPS) is 14.8. The van der Waals surface area contributed by atoms with Crippen molar-refractivity contribution in [2.24, 2.45) is 0 Å². The summed E-state index contributed by atoms with van der Waals surface area (Å²) >= 11 is 1.40. The number of anilines is 1. The molecule has 0 bridgehead atoms. The summed E-state index contributed by atoms with van der Waals surface area (Å²) in [4.78, 5) is 30.8. The molecule has 9 nitrogen and oxygen atoms in total. The first-order valence-corrected chi connectivity index (χ1v) is 13.7. The summed E-state index contributed by atoms with van der Waals surface area (Å²) in [6, 6.07) is 17.7. The molecule has 2 heterocycles. The number of ether oxygens (including phenoxy) is 1. The van der Waals surface area contributed by atoms with E-state index in [1.54, 1.807) is 6.92 Å². The van der Waals surface area contributed by atoms with Gasteiger partial charge in [-0.15, -0.1) is 0 Å². The van der Waals surface area contributed by atoms with Gasteiger partial charge in [0.2, 0.25) is 10.0 Å². The molecule has 0 aliphatic carbocycles. The SMILES string of the molecule is CCOC(=O)N1CCN(S(=O)(=O)c2ccc(C(=O)Nc3nc4ccc5ccccc5c4s3)cc2)CC1. The van der Waals surface area contributed by atoms with E-state index in [2.05, 4.69) is 10.3 Å². The topological polar surface area (TPSA) is 109 Å². The minimum Gasteiger partial charge on any atom is -0.450 e. The average Bonchev–Trinajstić information content (AvgIpc) is 3.32. The van der Waals surface area contributed by atoms with Gasteiger partial charge in [0.1, 0.15) is 0 Å². The molecular formula is C25H24N4O5S2. The zero-order valence-electron chi connectivity index (χ0n) is 19.5. The quantitative estimate of drug-likeness (QED) is 0.420. The Labute approximate surface area is 212 Å². The molecule has 1 aliphatic heterocycles. The smallest absolute Gasteiger partial charge is 0.409 e. The second kappa shape index (κ2) is 9.84. The predicted molar refractivity (Wildman–Crippen MR) is 139 cm³/mol. The summed E-state index contributed by atoms with van der Waals surface area (Å²) in [5.74, 6) is -0.370. The minimum atomic E-state index is -3.75. The molecular weight excluding hydrogens is 500 g/mol. The maximum atomic E-state index is 13.1. The molecule has 1 N–H and O–H groups in total. The van der Waals surface area contributed by atoms with Gasteiger partial charge in [-0.3, -0.25) is 10.1 Å². The number of rotatable bonds is 5. The van der Waals surface area contributed by atoms with Gasteiger partial charge in [0.15, 0.2) is 5.13 Å². The van der Waals surface area contributed by atoms with Crippen molar-refractivity contribution in [1.82, 2.24) is 14.2 Å². The van der Waals surface area contributed by atoms with Crippen LogP contribution < -0.4 is 5.32 Å². The maximum absolute atomic E-state index is 13.1. The number of hydrogen-bond donors (Lipinski definition) is 1. The molecule has 1 fully saturated rings. The highest BCUT2D eigenvalue weighted by Crippen LogP contribution is 2.32. The van der Waals surface area contributed by atoms with Gasteiger partial charge in [-0.25, -0.2) is 18.2 Å². The predicted octanol–water partition coefficient (Wildman–Crippen LogP) is 4.16.